The van der Waals surface area contributed by atoms with E-state index in [1.165, 1.54) is 23.8 Å². The van der Waals surface area contributed by atoms with Gasteiger partial charge in [-0.05, 0) is 43.5 Å². The predicted octanol–water partition coefficient (Wildman–Crippen LogP) is 4.29. The van der Waals surface area contributed by atoms with Crippen LogP contribution in [0.2, 0.25) is 0 Å². The van der Waals surface area contributed by atoms with Gasteiger partial charge in [-0.15, -0.1) is 0 Å². The van der Waals surface area contributed by atoms with Crippen LogP contribution < -0.4 is 27.0 Å². The number of nitrogens with two attached hydrogens (primary N) is 1. The standard InChI is InChI=1S/C23H27N5O6.C7H8.C4H10.C3H6O2/c1-14(10-18(29)27-17-9-5-8-16(11-17)23(33)34)26-20(31)13-25-22(32)21(28-19(30)12-24)15-6-3-2-4-7-15;1-7-5-3-2-4-6-7;1-4(2)3;1-2-3(4)5/h2-9,11,14,21H,10,12-13,24H2,1H3,(H,25,32)(H,26,31)(H,27,29)(H,28,30)(H,33,34);2-6H,1H3;4H,1-3H3;2H2,1H3,(H,4,5). The van der Waals surface area contributed by atoms with Crippen LogP contribution in [-0.2, 0) is 24.0 Å². The van der Waals surface area contributed by atoms with Crippen LogP contribution in [0.1, 0.15) is 75.0 Å². The van der Waals surface area contributed by atoms with Gasteiger partial charge in [0.05, 0.1) is 18.7 Å². The van der Waals surface area contributed by atoms with Gasteiger partial charge in [0.25, 0.3) is 0 Å². The second kappa shape index (κ2) is 25.5. The van der Waals surface area contributed by atoms with Crippen LogP contribution in [0.4, 0.5) is 5.69 Å². The van der Waals surface area contributed by atoms with Crippen LogP contribution in [0.25, 0.3) is 0 Å². The van der Waals surface area contributed by atoms with E-state index in [1.807, 2.05) is 18.2 Å². The monoisotopic (exact) mass is 693 g/mol. The van der Waals surface area contributed by atoms with Crippen molar-refractivity contribution in [2.75, 3.05) is 18.4 Å². The summed E-state index contributed by atoms with van der Waals surface area (Å²) >= 11 is 0. The number of rotatable bonds is 12. The number of amides is 4. The highest BCUT2D eigenvalue weighted by Gasteiger charge is 2.23. The van der Waals surface area contributed by atoms with Crippen molar-refractivity contribution in [2.24, 2.45) is 11.7 Å². The molecule has 13 nitrogen and oxygen atoms in total. The number of aryl methyl sites for hydroxylation is 1. The molecule has 0 spiro atoms. The van der Waals surface area contributed by atoms with Crippen LogP contribution in [0.5, 0.6) is 0 Å². The Kier molecular flexibility index (Phi) is 22.6. The van der Waals surface area contributed by atoms with Crippen molar-refractivity contribution in [1.29, 1.82) is 0 Å². The zero-order valence-corrected chi connectivity index (χ0v) is 29.6. The maximum absolute atomic E-state index is 12.6. The second-order valence-electron chi connectivity index (χ2n) is 11.6. The molecule has 3 rings (SSSR count). The molecule has 3 aromatic carbocycles. The first kappa shape index (κ1) is 44.4. The number of nitrogens with one attached hydrogen (secondary N) is 4. The minimum Gasteiger partial charge on any atom is -0.481 e. The van der Waals surface area contributed by atoms with Crippen molar-refractivity contribution >= 4 is 41.3 Å². The molecule has 0 bridgehead atoms. The molecule has 8 N–H and O–H groups in total. The molecule has 0 aromatic heterocycles. The zero-order chi connectivity index (χ0) is 38.1. The van der Waals surface area contributed by atoms with Crippen LogP contribution in [-0.4, -0.2) is 64.9 Å². The van der Waals surface area contributed by atoms with Gasteiger partial charge in [0.15, 0.2) is 0 Å². The molecule has 0 fully saturated rings. The summed E-state index contributed by atoms with van der Waals surface area (Å²) in [6, 6.07) is 23.0. The van der Waals surface area contributed by atoms with Crippen molar-refractivity contribution in [1.82, 2.24) is 16.0 Å². The minimum atomic E-state index is -1.11. The van der Waals surface area contributed by atoms with Crippen molar-refractivity contribution in [3.05, 3.63) is 102 Å². The minimum absolute atomic E-state index is 0.0337. The Morgan fingerprint density at radius 2 is 1.28 bits per heavy atom. The zero-order valence-electron chi connectivity index (χ0n) is 29.6. The molecule has 0 saturated carbocycles. The third kappa shape index (κ3) is 22.1. The number of hydrogen-bond acceptors (Lipinski definition) is 7. The number of hydrogen-bond donors (Lipinski definition) is 7. The van der Waals surface area contributed by atoms with Crippen LogP contribution in [0, 0.1) is 12.8 Å². The van der Waals surface area contributed by atoms with Crippen LogP contribution >= 0.6 is 0 Å². The summed E-state index contributed by atoms with van der Waals surface area (Å²) in [5.41, 5.74) is 7.52. The molecule has 0 aliphatic rings. The van der Waals surface area contributed by atoms with Gasteiger partial charge in [-0.1, -0.05) is 100.0 Å². The van der Waals surface area contributed by atoms with E-state index in [0.717, 1.165) is 5.92 Å². The number of carboxylic acids is 2. The highest BCUT2D eigenvalue weighted by Crippen LogP contribution is 2.13. The molecule has 0 aliphatic heterocycles. The van der Waals surface area contributed by atoms with E-state index in [1.54, 1.807) is 50.2 Å². The molecule has 3 aromatic rings. The lowest BCUT2D eigenvalue weighted by molar-refractivity contribution is -0.136. The van der Waals surface area contributed by atoms with Gasteiger partial charge in [-0.25, -0.2) is 4.79 Å². The van der Waals surface area contributed by atoms with Gasteiger partial charge >= 0.3 is 11.9 Å². The normalized spacial score (nSPS) is 10.9. The third-order valence-electron chi connectivity index (χ3n) is 5.84. The van der Waals surface area contributed by atoms with E-state index >= 15 is 0 Å². The van der Waals surface area contributed by atoms with Gasteiger partial charge in [0, 0.05) is 24.6 Å². The molecule has 272 valence electrons. The Bertz CT molecular complexity index is 1480. The van der Waals surface area contributed by atoms with Crippen molar-refractivity contribution < 1.29 is 39.0 Å². The highest BCUT2D eigenvalue weighted by molar-refractivity contribution is 5.95. The lowest BCUT2D eigenvalue weighted by Crippen LogP contribution is -2.46. The van der Waals surface area contributed by atoms with Gasteiger partial charge in [-0.2, -0.15) is 0 Å². The average Bonchev–Trinajstić information content (AvgIpc) is 3.07. The fourth-order valence-corrected chi connectivity index (χ4v) is 3.57. The van der Waals surface area contributed by atoms with Gasteiger partial charge in [-0.3, -0.25) is 24.0 Å². The molecular weight excluding hydrogens is 642 g/mol. The van der Waals surface area contributed by atoms with E-state index in [2.05, 4.69) is 61.1 Å². The van der Waals surface area contributed by atoms with Gasteiger partial charge in [0.1, 0.15) is 6.04 Å². The quantitative estimate of drug-likeness (QED) is 0.144. The summed E-state index contributed by atoms with van der Waals surface area (Å²) in [6.45, 7) is 11.1. The van der Waals surface area contributed by atoms with Gasteiger partial charge < -0.3 is 37.2 Å². The number of carbonyl (C=O) groups is 6. The molecule has 2 unspecified atom stereocenters. The Hall–Kier alpha value is -5.56. The van der Waals surface area contributed by atoms with E-state index in [0.29, 0.717) is 11.3 Å². The fourth-order valence-electron chi connectivity index (χ4n) is 3.57. The third-order valence-corrected chi connectivity index (χ3v) is 5.84. The molecule has 4 amide bonds. The molecule has 2 atom stereocenters. The number of anilines is 1. The Labute approximate surface area is 294 Å². The number of carbonyl (C=O) groups excluding carboxylic acids is 4. The Balaban J connectivity index is 0.00000123. The molecule has 0 aliphatic carbocycles. The summed E-state index contributed by atoms with van der Waals surface area (Å²) in [7, 11) is 0. The molecule has 0 radical (unpaired) electrons. The average molecular weight is 694 g/mol. The first-order valence-corrected chi connectivity index (χ1v) is 16.1. The first-order valence-electron chi connectivity index (χ1n) is 16.1. The molecule has 0 heterocycles. The lowest BCUT2D eigenvalue weighted by Gasteiger charge is -2.19. The predicted molar refractivity (Wildman–Crippen MR) is 193 cm³/mol. The van der Waals surface area contributed by atoms with Crippen molar-refractivity contribution in [2.45, 2.75) is 66.5 Å². The van der Waals surface area contributed by atoms with Crippen molar-refractivity contribution in [3.63, 3.8) is 0 Å². The van der Waals surface area contributed by atoms with Crippen LogP contribution in [0.15, 0.2) is 84.9 Å². The van der Waals surface area contributed by atoms with E-state index in [9.17, 15) is 28.8 Å². The smallest absolute Gasteiger partial charge is 0.335 e. The van der Waals surface area contributed by atoms with E-state index < -0.39 is 47.7 Å². The molecule has 0 saturated heterocycles. The summed E-state index contributed by atoms with van der Waals surface area (Å²) < 4.78 is 0. The molecule has 13 heteroatoms. The number of aliphatic carboxylic acids is 1. The van der Waals surface area contributed by atoms with Gasteiger partial charge in [0.2, 0.25) is 23.6 Å². The van der Waals surface area contributed by atoms with Crippen molar-refractivity contribution in [3.8, 4) is 0 Å². The summed E-state index contributed by atoms with van der Waals surface area (Å²) in [5, 5.41) is 26.9. The number of benzene rings is 3. The largest absolute Gasteiger partial charge is 0.481 e. The van der Waals surface area contributed by atoms with E-state index in [4.69, 9.17) is 15.9 Å². The number of carboxylic acid groups (broad SMARTS) is 2. The Morgan fingerprint density at radius 1 is 0.740 bits per heavy atom. The van der Waals surface area contributed by atoms with E-state index in [-0.39, 0.29) is 31.5 Å². The Morgan fingerprint density at radius 3 is 1.74 bits per heavy atom. The van der Waals surface area contributed by atoms with Crippen LogP contribution in [0.3, 0.4) is 0 Å². The lowest BCUT2D eigenvalue weighted by atomic mass is 10.1. The topological polar surface area (TPSA) is 217 Å². The molecular formula is C37H51N5O8. The second-order valence-corrected chi connectivity index (χ2v) is 11.6. The maximum Gasteiger partial charge on any atom is 0.335 e. The molecule has 50 heavy (non-hydrogen) atoms. The summed E-state index contributed by atoms with van der Waals surface area (Å²) in [5.74, 6) is -3.10. The SMILES string of the molecule is CC(C)C.CC(CC(=O)Nc1cccc(C(=O)O)c1)NC(=O)CNC(=O)C(NC(=O)CN)c1ccccc1.CCC(=O)O.Cc1ccccc1. The summed E-state index contributed by atoms with van der Waals surface area (Å²) in [4.78, 5) is 69.1. The first-order chi connectivity index (χ1) is 23.6. The summed E-state index contributed by atoms with van der Waals surface area (Å²) in [6.07, 6.45) is 0.149. The number of aromatic carboxylic acids is 1. The maximum atomic E-state index is 12.6. The fraction of sp³-hybridized carbons (Fsp3) is 0.351. The highest BCUT2D eigenvalue weighted by atomic mass is 16.4.